The standard InChI is InChI=1S/C28H28FN3O/c29-22-12-10-21(11-13-22)28(33)9-5-17-32-26-8-2-1-7-24(26)25-15-19-31(20-27(25)32)18-14-23-6-3-4-16-30-23/h1-4,6-8,10-13,16H,5,9,14-15,17-20H2. The lowest BCUT2D eigenvalue weighted by Gasteiger charge is -2.28. The number of Topliss-reactive ketones (excluding diaryl/α,β-unsaturated/α-hetero) is 1. The maximum absolute atomic E-state index is 13.2. The first-order valence-corrected chi connectivity index (χ1v) is 11.7. The molecule has 0 bridgehead atoms. The van der Waals surface area contributed by atoms with Crippen LogP contribution in [0.5, 0.6) is 0 Å². The Kier molecular flexibility index (Phi) is 6.31. The number of halogens is 1. The van der Waals surface area contributed by atoms with E-state index in [1.807, 2.05) is 18.3 Å². The topological polar surface area (TPSA) is 38.1 Å². The third-order valence-electron chi connectivity index (χ3n) is 6.61. The van der Waals surface area contributed by atoms with Crippen LogP contribution in [0.4, 0.5) is 4.39 Å². The largest absolute Gasteiger partial charge is 0.343 e. The van der Waals surface area contributed by atoms with Crippen LogP contribution in [0.1, 0.15) is 40.2 Å². The van der Waals surface area contributed by atoms with Crippen LogP contribution in [-0.4, -0.2) is 33.3 Å². The van der Waals surface area contributed by atoms with Gasteiger partial charge in [0.2, 0.25) is 0 Å². The van der Waals surface area contributed by atoms with Crippen LogP contribution in [-0.2, 0) is 25.9 Å². The van der Waals surface area contributed by atoms with E-state index in [1.165, 1.54) is 34.3 Å². The first-order chi connectivity index (χ1) is 16.2. The molecule has 0 amide bonds. The number of benzene rings is 2. The summed E-state index contributed by atoms with van der Waals surface area (Å²) in [4.78, 5) is 19.5. The van der Waals surface area contributed by atoms with Crippen LogP contribution in [0.25, 0.3) is 10.9 Å². The van der Waals surface area contributed by atoms with E-state index in [2.05, 4.69) is 44.8 Å². The van der Waals surface area contributed by atoms with Crippen molar-refractivity contribution in [1.82, 2.24) is 14.5 Å². The highest BCUT2D eigenvalue weighted by molar-refractivity contribution is 5.96. The summed E-state index contributed by atoms with van der Waals surface area (Å²) in [5, 5.41) is 1.33. The van der Waals surface area contributed by atoms with Gasteiger partial charge in [0.25, 0.3) is 0 Å². The minimum atomic E-state index is -0.315. The van der Waals surface area contributed by atoms with Gasteiger partial charge in [-0.15, -0.1) is 0 Å². The quantitative estimate of drug-likeness (QED) is 0.342. The van der Waals surface area contributed by atoms with E-state index in [0.717, 1.165) is 51.1 Å². The second-order valence-corrected chi connectivity index (χ2v) is 8.72. The molecule has 0 atom stereocenters. The van der Waals surface area contributed by atoms with Crippen LogP contribution < -0.4 is 0 Å². The molecular weight excluding hydrogens is 413 g/mol. The molecule has 4 nitrogen and oxygen atoms in total. The van der Waals surface area contributed by atoms with Gasteiger partial charge in [-0.1, -0.05) is 24.3 Å². The van der Waals surface area contributed by atoms with Gasteiger partial charge in [0.05, 0.1) is 0 Å². The molecule has 2 aromatic carbocycles. The van der Waals surface area contributed by atoms with E-state index in [-0.39, 0.29) is 11.6 Å². The molecule has 0 N–H and O–H groups in total. The number of nitrogens with zero attached hydrogens (tertiary/aromatic N) is 3. The fourth-order valence-electron chi connectivity index (χ4n) is 4.89. The Morgan fingerprint density at radius 1 is 0.970 bits per heavy atom. The van der Waals surface area contributed by atoms with Gasteiger partial charge in [-0.05, 0) is 60.9 Å². The highest BCUT2D eigenvalue weighted by Crippen LogP contribution is 2.31. The summed E-state index contributed by atoms with van der Waals surface area (Å²) in [7, 11) is 0. The molecule has 33 heavy (non-hydrogen) atoms. The summed E-state index contributed by atoms with van der Waals surface area (Å²) in [6.45, 7) is 3.76. The summed E-state index contributed by atoms with van der Waals surface area (Å²) in [6.07, 6.45) is 5.06. The Hall–Kier alpha value is -3.31. The predicted molar refractivity (Wildman–Crippen MR) is 129 cm³/mol. The van der Waals surface area contributed by atoms with E-state index < -0.39 is 0 Å². The Morgan fingerprint density at radius 3 is 2.61 bits per heavy atom. The molecule has 5 rings (SSSR count). The fraction of sp³-hybridized carbons (Fsp3) is 0.286. The van der Waals surface area contributed by atoms with Gasteiger partial charge >= 0.3 is 0 Å². The van der Waals surface area contributed by atoms with Crippen molar-refractivity contribution >= 4 is 16.7 Å². The number of carbonyl (C=O) groups excluding carboxylic acids is 1. The smallest absolute Gasteiger partial charge is 0.162 e. The maximum Gasteiger partial charge on any atom is 0.162 e. The van der Waals surface area contributed by atoms with E-state index in [0.29, 0.717) is 12.0 Å². The second kappa shape index (κ2) is 9.67. The molecule has 168 valence electrons. The summed E-state index contributed by atoms with van der Waals surface area (Å²) >= 11 is 0. The van der Waals surface area contributed by atoms with Crippen molar-refractivity contribution in [3.8, 4) is 0 Å². The van der Waals surface area contributed by atoms with Crippen LogP contribution in [0.3, 0.4) is 0 Å². The van der Waals surface area contributed by atoms with Crippen LogP contribution in [0.15, 0.2) is 72.9 Å². The van der Waals surface area contributed by atoms with Crippen LogP contribution >= 0.6 is 0 Å². The number of pyridine rings is 1. The highest BCUT2D eigenvalue weighted by atomic mass is 19.1. The van der Waals surface area contributed by atoms with Gasteiger partial charge in [0, 0.05) is 73.1 Å². The lowest BCUT2D eigenvalue weighted by atomic mass is 10.0. The number of hydrogen-bond donors (Lipinski definition) is 0. The summed E-state index contributed by atoms with van der Waals surface area (Å²) < 4.78 is 15.6. The van der Waals surface area contributed by atoms with E-state index in [4.69, 9.17) is 0 Å². The van der Waals surface area contributed by atoms with E-state index >= 15 is 0 Å². The molecule has 1 aliphatic rings. The molecular formula is C28H28FN3O. The normalized spacial score (nSPS) is 13.8. The zero-order valence-corrected chi connectivity index (χ0v) is 18.7. The van der Waals surface area contributed by atoms with Crippen molar-refractivity contribution in [3.05, 3.63) is 101 Å². The van der Waals surface area contributed by atoms with Crippen LogP contribution in [0.2, 0.25) is 0 Å². The second-order valence-electron chi connectivity index (χ2n) is 8.72. The summed E-state index contributed by atoms with van der Waals surface area (Å²) in [5.74, 6) is -0.248. The molecule has 0 aliphatic carbocycles. The zero-order valence-electron chi connectivity index (χ0n) is 18.7. The third-order valence-corrected chi connectivity index (χ3v) is 6.61. The summed E-state index contributed by atoms with van der Waals surface area (Å²) in [5.41, 5.74) is 5.78. The minimum Gasteiger partial charge on any atom is -0.343 e. The van der Waals surface area contributed by atoms with Crippen molar-refractivity contribution in [2.45, 2.75) is 38.8 Å². The monoisotopic (exact) mass is 441 g/mol. The fourth-order valence-corrected chi connectivity index (χ4v) is 4.89. The van der Waals surface area contributed by atoms with Crippen molar-refractivity contribution < 1.29 is 9.18 Å². The number of ketones is 1. The van der Waals surface area contributed by atoms with E-state index in [1.54, 1.807) is 12.1 Å². The first-order valence-electron chi connectivity index (χ1n) is 11.7. The third kappa shape index (κ3) is 4.74. The van der Waals surface area contributed by atoms with E-state index in [9.17, 15) is 9.18 Å². The number of aromatic nitrogens is 2. The van der Waals surface area contributed by atoms with Gasteiger partial charge < -0.3 is 4.57 Å². The Labute approximate surface area is 193 Å². The van der Waals surface area contributed by atoms with Crippen molar-refractivity contribution in [2.75, 3.05) is 13.1 Å². The number of aryl methyl sites for hydroxylation is 1. The average Bonchev–Trinajstić information content (AvgIpc) is 3.17. The van der Waals surface area contributed by atoms with Crippen LogP contribution in [0, 0.1) is 5.82 Å². The highest BCUT2D eigenvalue weighted by Gasteiger charge is 2.23. The predicted octanol–water partition coefficient (Wildman–Crippen LogP) is 5.44. The number of carbonyl (C=O) groups is 1. The molecule has 0 radical (unpaired) electrons. The Bertz CT molecular complexity index is 1250. The van der Waals surface area contributed by atoms with Gasteiger partial charge in [0.1, 0.15) is 5.82 Å². The molecule has 0 unspecified atom stereocenters. The molecule has 5 heteroatoms. The Morgan fingerprint density at radius 2 is 1.79 bits per heavy atom. The number of fused-ring (bicyclic) bond motifs is 3. The SMILES string of the molecule is O=C(CCCn1c2c(c3ccccc31)CCN(CCc1ccccn1)C2)c1ccc(F)cc1. The Balaban J connectivity index is 1.30. The average molecular weight is 442 g/mol. The zero-order chi connectivity index (χ0) is 22.6. The van der Waals surface area contributed by atoms with Gasteiger partial charge in [-0.25, -0.2) is 4.39 Å². The van der Waals surface area contributed by atoms with Crippen molar-refractivity contribution in [3.63, 3.8) is 0 Å². The molecule has 0 fully saturated rings. The molecule has 2 aromatic heterocycles. The number of para-hydroxylation sites is 1. The molecule has 0 spiro atoms. The number of rotatable bonds is 8. The van der Waals surface area contributed by atoms with Crippen molar-refractivity contribution in [1.29, 1.82) is 0 Å². The number of hydrogen-bond acceptors (Lipinski definition) is 3. The first kappa shape index (κ1) is 21.5. The van der Waals surface area contributed by atoms with Gasteiger partial charge in [-0.3, -0.25) is 14.7 Å². The minimum absolute atomic E-state index is 0.0670. The maximum atomic E-state index is 13.2. The molecule has 0 saturated heterocycles. The van der Waals surface area contributed by atoms with Gasteiger partial charge in [-0.2, -0.15) is 0 Å². The molecule has 1 aliphatic heterocycles. The summed E-state index contributed by atoms with van der Waals surface area (Å²) in [6, 6.07) is 20.5. The molecule has 3 heterocycles. The van der Waals surface area contributed by atoms with Gasteiger partial charge in [0.15, 0.2) is 5.78 Å². The molecule has 4 aromatic rings. The lowest BCUT2D eigenvalue weighted by molar-refractivity contribution is 0.0978. The molecule has 0 saturated carbocycles. The lowest BCUT2D eigenvalue weighted by Crippen LogP contribution is -2.33. The van der Waals surface area contributed by atoms with Crippen molar-refractivity contribution in [2.24, 2.45) is 0 Å².